The van der Waals surface area contributed by atoms with Crippen molar-refractivity contribution in [2.45, 2.75) is 66.1 Å². The molecule has 0 saturated carbocycles. The van der Waals surface area contributed by atoms with E-state index in [4.69, 9.17) is 9.47 Å². The first-order chi connectivity index (χ1) is 11.2. The number of rotatable bonds is 4. The Balaban J connectivity index is 3.33. The van der Waals surface area contributed by atoms with E-state index in [9.17, 15) is 14.4 Å². The van der Waals surface area contributed by atoms with Crippen molar-refractivity contribution in [3.05, 3.63) is 23.3 Å². The molecule has 0 heterocycles. The largest absolute Gasteiger partial charge is 0.462 e. The van der Waals surface area contributed by atoms with Gasteiger partial charge in [-0.25, -0.2) is 0 Å². The van der Waals surface area contributed by atoms with E-state index in [1.54, 1.807) is 0 Å². The number of aldehydes is 1. The Bertz CT molecular complexity index is 530. The number of ether oxygens (including phenoxy) is 2. The monoisotopic (exact) mass is 336 g/mol. The van der Waals surface area contributed by atoms with Crippen molar-refractivity contribution in [1.29, 1.82) is 0 Å². The van der Waals surface area contributed by atoms with Crippen LogP contribution in [0.2, 0.25) is 0 Å². The van der Waals surface area contributed by atoms with Crippen molar-refractivity contribution in [2.75, 3.05) is 0 Å². The molecule has 0 aromatic carbocycles. The van der Waals surface area contributed by atoms with E-state index in [0.717, 1.165) is 24.7 Å². The Hall–Kier alpha value is -1.91. The summed E-state index contributed by atoms with van der Waals surface area (Å²) in [6.45, 7) is 8.69. The van der Waals surface area contributed by atoms with E-state index in [1.807, 2.05) is 32.9 Å². The van der Waals surface area contributed by atoms with Crippen LogP contribution in [0, 0.1) is 11.8 Å². The molecular formula is C19H28O5. The van der Waals surface area contributed by atoms with Gasteiger partial charge in [0.05, 0.1) is 0 Å². The Labute approximate surface area is 144 Å². The molecule has 1 aliphatic carbocycles. The van der Waals surface area contributed by atoms with Crippen LogP contribution < -0.4 is 0 Å². The zero-order valence-corrected chi connectivity index (χ0v) is 15.2. The standard InChI is InChI=1S/C19H28O5/c1-12(2)19-17(23-14(4)21)9-13(3)7-6-8-16(11-20)10-18(19)24-15(5)22/h8-9,11-12,17-19H,6-7,10H2,1-5H3. The molecule has 5 heteroatoms. The van der Waals surface area contributed by atoms with Crippen molar-refractivity contribution in [3.63, 3.8) is 0 Å². The van der Waals surface area contributed by atoms with Crippen molar-refractivity contribution >= 4 is 18.2 Å². The summed E-state index contributed by atoms with van der Waals surface area (Å²) in [7, 11) is 0. The minimum absolute atomic E-state index is 0.0927. The predicted molar refractivity (Wildman–Crippen MR) is 91.2 cm³/mol. The molecule has 0 aromatic rings. The average molecular weight is 336 g/mol. The molecule has 0 saturated heterocycles. The second kappa shape index (κ2) is 9.40. The van der Waals surface area contributed by atoms with E-state index in [1.165, 1.54) is 13.8 Å². The molecule has 0 N–H and O–H groups in total. The zero-order chi connectivity index (χ0) is 18.3. The van der Waals surface area contributed by atoms with Crippen LogP contribution in [0.4, 0.5) is 0 Å². The summed E-state index contributed by atoms with van der Waals surface area (Å²) in [5.41, 5.74) is 1.69. The highest BCUT2D eigenvalue weighted by molar-refractivity contribution is 5.73. The smallest absolute Gasteiger partial charge is 0.303 e. The molecule has 0 amide bonds. The average Bonchev–Trinajstić information content (AvgIpc) is 2.43. The Kier molecular flexibility index (Phi) is 7.89. The van der Waals surface area contributed by atoms with E-state index in [0.29, 0.717) is 12.0 Å². The molecule has 0 aromatic heterocycles. The fourth-order valence-corrected chi connectivity index (χ4v) is 3.17. The quantitative estimate of drug-likeness (QED) is 0.447. The van der Waals surface area contributed by atoms with Gasteiger partial charge in [-0.2, -0.15) is 0 Å². The fourth-order valence-electron chi connectivity index (χ4n) is 3.17. The van der Waals surface area contributed by atoms with E-state index in [2.05, 4.69) is 0 Å². The van der Waals surface area contributed by atoms with E-state index in [-0.39, 0.29) is 17.8 Å². The lowest BCUT2D eigenvalue weighted by atomic mass is 9.81. The Morgan fingerprint density at radius 1 is 1.21 bits per heavy atom. The molecule has 3 unspecified atom stereocenters. The molecule has 24 heavy (non-hydrogen) atoms. The Morgan fingerprint density at radius 3 is 2.33 bits per heavy atom. The lowest BCUT2D eigenvalue weighted by molar-refractivity contribution is -0.158. The molecule has 5 nitrogen and oxygen atoms in total. The van der Waals surface area contributed by atoms with Gasteiger partial charge in [0.15, 0.2) is 0 Å². The summed E-state index contributed by atoms with van der Waals surface area (Å²) in [4.78, 5) is 34.5. The first-order valence-corrected chi connectivity index (χ1v) is 8.40. The lowest BCUT2D eigenvalue weighted by Gasteiger charge is -2.35. The molecule has 0 spiro atoms. The second-order valence-electron chi connectivity index (χ2n) is 6.70. The number of esters is 2. The van der Waals surface area contributed by atoms with Gasteiger partial charge in [-0.3, -0.25) is 14.4 Å². The topological polar surface area (TPSA) is 69.7 Å². The van der Waals surface area contributed by atoms with Gasteiger partial charge < -0.3 is 9.47 Å². The second-order valence-corrected chi connectivity index (χ2v) is 6.70. The summed E-state index contributed by atoms with van der Waals surface area (Å²) in [5.74, 6) is -0.918. The van der Waals surface area contributed by atoms with Gasteiger partial charge >= 0.3 is 11.9 Å². The summed E-state index contributed by atoms with van der Waals surface area (Å²) >= 11 is 0. The van der Waals surface area contributed by atoms with Crippen LogP contribution >= 0.6 is 0 Å². The van der Waals surface area contributed by atoms with Crippen LogP contribution in [-0.4, -0.2) is 30.4 Å². The highest BCUT2D eigenvalue weighted by Crippen LogP contribution is 2.31. The maximum Gasteiger partial charge on any atom is 0.303 e. The minimum Gasteiger partial charge on any atom is -0.462 e. The van der Waals surface area contributed by atoms with Gasteiger partial charge in [-0.05, 0) is 37.3 Å². The van der Waals surface area contributed by atoms with E-state index >= 15 is 0 Å². The number of hydrogen-bond acceptors (Lipinski definition) is 5. The van der Waals surface area contributed by atoms with Gasteiger partial charge in [0.2, 0.25) is 0 Å². The van der Waals surface area contributed by atoms with Gasteiger partial charge in [-0.15, -0.1) is 0 Å². The third-order valence-corrected chi connectivity index (χ3v) is 4.18. The van der Waals surface area contributed by atoms with Crippen LogP contribution in [-0.2, 0) is 23.9 Å². The summed E-state index contributed by atoms with van der Waals surface area (Å²) < 4.78 is 11.1. The van der Waals surface area contributed by atoms with Crippen LogP contribution in [0.3, 0.4) is 0 Å². The molecular weight excluding hydrogens is 308 g/mol. The molecule has 134 valence electrons. The molecule has 0 fully saturated rings. The highest BCUT2D eigenvalue weighted by atomic mass is 16.6. The fraction of sp³-hybridized carbons (Fsp3) is 0.632. The predicted octanol–water partition coefficient (Wildman–Crippen LogP) is 3.38. The normalized spacial score (nSPS) is 25.3. The maximum atomic E-state index is 11.6. The first-order valence-electron chi connectivity index (χ1n) is 8.40. The van der Waals surface area contributed by atoms with Crippen molar-refractivity contribution in [2.24, 2.45) is 11.8 Å². The van der Waals surface area contributed by atoms with Crippen LogP contribution in [0.5, 0.6) is 0 Å². The van der Waals surface area contributed by atoms with Crippen molar-refractivity contribution in [1.82, 2.24) is 0 Å². The number of carbonyl (C=O) groups excluding carboxylic acids is 3. The summed E-state index contributed by atoms with van der Waals surface area (Å²) in [5, 5.41) is 0. The van der Waals surface area contributed by atoms with Gasteiger partial charge in [0.25, 0.3) is 0 Å². The molecule has 3 atom stereocenters. The maximum absolute atomic E-state index is 11.6. The molecule has 0 aliphatic heterocycles. The Morgan fingerprint density at radius 2 is 1.83 bits per heavy atom. The first kappa shape index (κ1) is 20.1. The summed E-state index contributed by atoms with van der Waals surface area (Å²) in [6.07, 6.45) is 5.49. The number of allylic oxidation sites excluding steroid dienone is 2. The van der Waals surface area contributed by atoms with Gasteiger partial charge in [-0.1, -0.05) is 25.5 Å². The van der Waals surface area contributed by atoms with Gasteiger partial charge in [0, 0.05) is 26.2 Å². The molecule has 1 aliphatic rings. The lowest BCUT2D eigenvalue weighted by Crippen LogP contribution is -2.40. The van der Waals surface area contributed by atoms with Gasteiger partial charge in [0.1, 0.15) is 18.5 Å². The van der Waals surface area contributed by atoms with Crippen LogP contribution in [0.1, 0.15) is 53.9 Å². The van der Waals surface area contributed by atoms with Crippen molar-refractivity contribution in [3.8, 4) is 0 Å². The minimum atomic E-state index is -0.523. The van der Waals surface area contributed by atoms with Crippen LogP contribution in [0.15, 0.2) is 23.3 Å². The number of hydrogen-bond donors (Lipinski definition) is 0. The highest BCUT2D eigenvalue weighted by Gasteiger charge is 2.36. The third-order valence-electron chi connectivity index (χ3n) is 4.18. The number of carbonyl (C=O) groups is 3. The van der Waals surface area contributed by atoms with Crippen molar-refractivity contribution < 1.29 is 23.9 Å². The molecule has 0 bridgehead atoms. The van der Waals surface area contributed by atoms with Crippen LogP contribution in [0.25, 0.3) is 0 Å². The molecule has 0 radical (unpaired) electrons. The van der Waals surface area contributed by atoms with E-state index < -0.39 is 18.2 Å². The SMILES string of the molecule is CC(=O)OC1C=C(C)CCC=C(C=O)CC(OC(C)=O)C1C(C)C. The summed E-state index contributed by atoms with van der Waals surface area (Å²) in [6, 6.07) is 0. The molecule has 1 rings (SSSR count). The third kappa shape index (κ3) is 6.30. The zero-order valence-electron chi connectivity index (χ0n) is 15.2.